The minimum absolute atomic E-state index is 0.00921. The number of aliphatic hydroxyl groups is 1. The molecule has 21 heavy (non-hydrogen) atoms. The number of hydrogen-bond donors (Lipinski definition) is 2. The van der Waals surface area contributed by atoms with Gasteiger partial charge in [0.2, 0.25) is 0 Å². The number of carbonyl (C=O) groups excluding carboxylic acids is 1. The Morgan fingerprint density at radius 1 is 1.29 bits per heavy atom. The lowest BCUT2D eigenvalue weighted by Gasteiger charge is -2.12. The molecule has 0 radical (unpaired) electrons. The van der Waals surface area contributed by atoms with Gasteiger partial charge in [0.1, 0.15) is 6.61 Å². The zero-order valence-corrected chi connectivity index (χ0v) is 12.8. The maximum atomic E-state index is 12.2. The molecule has 1 unspecified atom stereocenters. The Hall–Kier alpha value is -2.09. The van der Waals surface area contributed by atoms with Crippen molar-refractivity contribution < 1.29 is 9.90 Å². The Kier molecular flexibility index (Phi) is 5.15. The van der Waals surface area contributed by atoms with E-state index in [9.17, 15) is 4.79 Å². The second kappa shape index (κ2) is 7.07. The zero-order valence-electron chi connectivity index (χ0n) is 12.0. The molecule has 0 saturated heterocycles. The largest absolute Gasteiger partial charge is 0.384 e. The van der Waals surface area contributed by atoms with Crippen LogP contribution in [0.4, 0.5) is 0 Å². The number of amides is 1. The zero-order chi connectivity index (χ0) is 15.2. The Morgan fingerprint density at radius 2 is 2.00 bits per heavy atom. The molecule has 2 N–H and O–H groups in total. The van der Waals surface area contributed by atoms with E-state index in [0.29, 0.717) is 5.56 Å². The van der Waals surface area contributed by atoms with Gasteiger partial charge in [-0.25, -0.2) is 0 Å². The number of hydrogen-bond acceptors (Lipinski definition) is 3. The van der Waals surface area contributed by atoms with Crippen LogP contribution in [0.1, 0.15) is 38.6 Å². The lowest BCUT2D eigenvalue weighted by molar-refractivity contribution is 0.0940. The Morgan fingerprint density at radius 3 is 2.57 bits per heavy atom. The Balaban J connectivity index is 2.03. The highest BCUT2D eigenvalue weighted by Gasteiger charge is 2.12. The highest BCUT2D eigenvalue weighted by atomic mass is 32.1. The monoisotopic (exact) mass is 299 g/mol. The number of rotatable bonds is 3. The van der Waals surface area contributed by atoms with Crippen molar-refractivity contribution >= 4 is 17.2 Å². The molecule has 2 aromatic rings. The molecule has 0 aliphatic rings. The molecule has 0 aliphatic carbocycles. The molecule has 1 aromatic heterocycles. The van der Waals surface area contributed by atoms with Gasteiger partial charge in [-0.05, 0) is 50.2 Å². The normalized spacial score (nSPS) is 11.4. The van der Waals surface area contributed by atoms with Crippen LogP contribution in [0.25, 0.3) is 0 Å². The van der Waals surface area contributed by atoms with Crippen molar-refractivity contribution in [1.29, 1.82) is 0 Å². The van der Waals surface area contributed by atoms with Gasteiger partial charge in [-0.15, -0.1) is 11.3 Å². The van der Waals surface area contributed by atoms with Crippen molar-refractivity contribution in [3.63, 3.8) is 0 Å². The summed E-state index contributed by atoms with van der Waals surface area (Å²) in [5, 5.41) is 11.6. The van der Waals surface area contributed by atoms with Gasteiger partial charge in [0.15, 0.2) is 0 Å². The van der Waals surface area contributed by atoms with E-state index < -0.39 is 0 Å². The summed E-state index contributed by atoms with van der Waals surface area (Å²) < 4.78 is 0. The average Bonchev–Trinajstić information content (AvgIpc) is 2.92. The standard InChI is InChI=1S/C17H17NO2S/c1-12-5-10-16(21-12)13(2)18-17(20)15-8-6-14(7-9-15)4-3-11-19/h5-10,13,19H,11H2,1-2H3,(H,18,20). The maximum Gasteiger partial charge on any atom is 0.251 e. The second-order valence-corrected chi connectivity index (χ2v) is 6.00. The molecule has 1 amide bonds. The van der Waals surface area contributed by atoms with Crippen LogP contribution in [0.5, 0.6) is 0 Å². The van der Waals surface area contributed by atoms with Crippen molar-refractivity contribution in [3.8, 4) is 11.8 Å². The first-order valence-electron chi connectivity index (χ1n) is 6.67. The van der Waals surface area contributed by atoms with Crippen LogP contribution in [-0.4, -0.2) is 17.6 Å². The highest BCUT2D eigenvalue weighted by molar-refractivity contribution is 7.12. The second-order valence-electron chi connectivity index (χ2n) is 4.68. The predicted molar refractivity (Wildman–Crippen MR) is 85.3 cm³/mol. The lowest BCUT2D eigenvalue weighted by Crippen LogP contribution is -2.26. The molecule has 0 fully saturated rings. The SMILES string of the molecule is Cc1ccc(C(C)NC(=O)c2ccc(C#CCO)cc2)s1. The van der Waals surface area contributed by atoms with Gasteiger partial charge in [0, 0.05) is 20.9 Å². The van der Waals surface area contributed by atoms with Crippen LogP contribution in [0.3, 0.4) is 0 Å². The number of thiophene rings is 1. The molecule has 3 nitrogen and oxygen atoms in total. The molecular weight excluding hydrogens is 282 g/mol. The third kappa shape index (κ3) is 4.19. The summed E-state index contributed by atoms with van der Waals surface area (Å²) in [6.07, 6.45) is 0. The van der Waals surface area contributed by atoms with Crippen LogP contribution >= 0.6 is 11.3 Å². The number of aryl methyl sites for hydroxylation is 1. The number of benzene rings is 1. The van der Waals surface area contributed by atoms with E-state index >= 15 is 0 Å². The van der Waals surface area contributed by atoms with Crippen molar-refractivity contribution in [2.75, 3.05) is 6.61 Å². The molecule has 2 rings (SSSR count). The molecular formula is C17H17NO2S. The number of carbonyl (C=O) groups is 1. The number of aliphatic hydroxyl groups excluding tert-OH is 1. The topological polar surface area (TPSA) is 49.3 Å². The van der Waals surface area contributed by atoms with Crippen molar-refractivity contribution in [2.45, 2.75) is 19.9 Å². The highest BCUT2D eigenvalue weighted by Crippen LogP contribution is 2.22. The molecule has 0 spiro atoms. The third-order valence-corrected chi connectivity index (χ3v) is 4.18. The summed E-state index contributed by atoms with van der Waals surface area (Å²) in [6.45, 7) is 3.86. The van der Waals surface area contributed by atoms with Crippen molar-refractivity contribution in [2.24, 2.45) is 0 Å². The van der Waals surface area contributed by atoms with Gasteiger partial charge in [-0.2, -0.15) is 0 Å². The van der Waals surface area contributed by atoms with Gasteiger partial charge in [-0.3, -0.25) is 4.79 Å². The van der Waals surface area contributed by atoms with Crippen molar-refractivity contribution in [1.82, 2.24) is 5.32 Å². The van der Waals surface area contributed by atoms with Crippen LogP contribution in [0.2, 0.25) is 0 Å². The van der Waals surface area contributed by atoms with Gasteiger partial charge in [0.25, 0.3) is 5.91 Å². The van der Waals surface area contributed by atoms with Crippen LogP contribution < -0.4 is 5.32 Å². The minimum atomic E-state index is -0.167. The summed E-state index contributed by atoms with van der Waals surface area (Å²) in [6, 6.07) is 11.1. The van der Waals surface area contributed by atoms with E-state index in [-0.39, 0.29) is 18.6 Å². The molecule has 1 atom stereocenters. The maximum absolute atomic E-state index is 12.2. The fraction of sp³-hybridized carbons (Fsp3) is 0.235. The first-order chi connectivity index (χ1) is 10.1. The van der Waals surface area contributed by atoms with E-state index in [0.717, 1.165) is 10.4 Å². The van der Waals surface area contributed by atoms with E-state index in [4.69, 9.17) is 5.11 Å². The molecule has 0 bridgehead atoms. The quantitative estimate of drug-likeness (QED) is 0.856. The lowest BCUT2D eigenvalue weighted by atomic mass is 10.1. The number of nitrogens with one attached hydrogen (secondary N) is 1. The molecule has 1 heterocycles. The molecule has 4 heteroatoms. The van der Waals surface area contributed by atoms with Gasteiger partial charge in [0.05, 0.1) is 6.04 Å². The van der Waals surface area contributed by atoms with E-state index in [1.807, 2.05) is 13.0 Å². The summed E-state index contributed by atoms with van der Waals surface area (Å²) in [5.41, 5.74) is 1.38. The fourth-order valence-electron chi connectivity index (χ4n) is 1.88. The molecule has 0 aliphatic heterocycles. The van der Waals surface area contributed by atoms with E-state index in [1.165, 1.54) is 4.88 Å². The smallest absolute Gasteiger partial charge is 0.251 e. The summed E-state index contributed by atoms with van der Waals surface area (Å²) in [7, 11) is 0. The predicted octanol–water partition coefficient (Wildman–Crippen LogP) is 2.89. The van der Waals surface area contributed by atoms with Crippen LogP contribution in [-0.2, 0) is 0 Å². The average molecular weight is 299 g/mol. The third-order valence-electron chi connectivity index (χ3n) is 2.99. The molecule has 108 valence electrons. The van der Waals surface area contributed by atoms with Gasteiger partial charge in [-0.1, -0.05) is 11.8 Å². The minimum Gasteiger partial charge on any atom is -0.384 e. The van der Waals surface area contributed by atoms with Gasteiger partial charge < -0.3 is 10.4 Å². The first kappa shape index (κ1) is 15.3. The van der Waals surface area contributed by atoms with Gasteiger partial charge >= 0.3 is 0 Å². The molecule has 1 aromatic carbocycles. The van der Waals surface area contributed by atoms with E-state index in [2.05, 4.69) is 30.1 Å². The molecule has 0 saturated carbocycles. The fourth-order valence-corrected chi connectivity index (χ4v) is 2.76. The van der Waals surface area contributed by atoms with Crippen LogP contribution in [0, 0.1) is 18.8 Å². The van der Waals surface area contributed by atoms with Crippen molar-refractivity contribution in [3.05, 3.63) is 57.3 Å². The van der Waals surface area contributed by atoms with E-state index in [1.54, 1.807) is 35.6 Å². The Bertz CT molecular complexity index is 677. The summed E-state index contributed by atoms with van der Waals surface area (Å²) in [4.78, 5) is 14.6. The summed E-state index contributed by atoms with van der Waals surface area (Å²) in [5.74, 6) is 5.27. The Labute approximate surface area is 128 Å². The summed E-state index contributed by atoms with van der Waals surface area (Å²) >= 11 is 1.69. The first-order valence-corrected chi connectivity index (χ1v) is 7.49. The van der Waals surface area contributed by atoms with Crippen LogP contribution in [0.15, 0.2) is 36.4 Å².